The fourth-order valence-electron chi connectivity index (χ4n) is 3.31. The summed E-state index contributed by atoms with van der Waals surface area (Å²) in [6.45, 7) is 3.29. The van der Waals surface area contributed by atoms with Crippen molar-refractivity contribution in [3.8, 4) is 11.3 Å². The number of morpholine rings is 1. The van der Waals surface area contributed by atoms with Gasteiger partial charge in [0.05, 0.1) is 37.0 Å². The van der Waals surface area contributed by atoms with Gasteiger partial charge in [0.15, 0.2) is 5.65 Å². The van der Waals surface area contributed by atoms with E-state index < -0.39 is 0 Å². The van der Waals surface area contributed by atoms with Gasteiger partial charge in [0.25, 0.3) is 0 Å². The van der Waals surface area contributed by atoms with Crippen LogP contribution >= 0.6 is 0 Å². The molecule has 0 amide bonds. The molecule has 3 aromatic heterocycles. The van der Waals surface area contributed by atoms with Crippen molar-refractivity contribution in [3.05, 3.63) is 42.5 Å². The van der Waals surface area contributed by atoms with Crippen LogP contribution in [0.5, 0.6) is 0 Å². The van der Waals surface area contributed by atoms with Gasteiger partial charge in [-0.25, -0.2) is 9.50 Å². The molecule has 122 valence electrons. The lowest BCUT2D eigenvalue weighted by molar-refractivity contribution is 0.123. The zero-order valence-corrected chi connectivity index (χ0v) is 13.4. The van der Waals surface area contributed by atoms with Gasteiger partial charge >= 0.3 is 0 Å². The molecule has 6 nitrogen and oxygen atoms in total. The summed E-state index contributed by atoms with van der Waals surface area (Å²) in [7, 11) is 0. The minimum Gasteiger partial charge on any atom is -0.378 e. The number of rotatable bonds is 3. The van der Waals surface area contributed by atoms with E-state index in [0.717, 1.165) is 48.9 Å². The fraction of sp³-hybridized carbons (Fsp3) is 0.389. The van der Waals surface area contributed by atoms with Gasteiger partial charge in [-0.15, -0.1) is 0 Å². The standard InChI is InChI=1S/C18H19N5O/c1-2-13(1)15-4-3-14(11-19-15)17-12-20-18-16(5-6-21-23(17)18)22-7-9-24-10-8-22/h3-6,11-13H,1-2,7-10H2. The van der Waals surface area contributed by atoms with Crippen LogP contribution < -0.4 is 4.90 Å². The summed E-state index contributed by atoms with van der Waals surface area (Å²) in [6, 6.07) is 6.30. The number of fused-ring (bicyclic) bond motifs is 1. The number of nitrogens with zero attached hydrogens (tertiary/aromatic N) is 5. The molecule has 6 heteroatoms. The Labute approximate surface area is 140 Å². The molecule has 4 heterocycles. The molecule has 24 heavy (non-hydrogen) atoms. The van der Waals surface area contributed by atoms with Crippen molar-refractivity contribution >= 4 is 11.3 Å². The first-order valence-electron chi connectivity index (χ1n) is 8.52. The van der Waals surface area contributed by atoms with Crippen LogP contribution in [0.4, 0.5) is 5.69 Å². The van der Waals surface area contributed by atoms with E-state index in [-0.39, 0.29) is 0 Å². The monoisotopic (exact) mass is 321 g/mol. The van der Waals surface area contributed by atoms with E-state index >= 15 is 0 Å². The molecular formula is C18H19N5O. The molecule has 0 radical (unpaired) electrons. The highest BCUT2D eigenvalue weighted by atomic mass is 16.5. The molecule has 5 rings (SSSR count). The lowest BCUT2D eigenvalue weighted by atomic mass is 10.2. The first-order chi connectivity index (χ1) is 11.9. The first kappa shape index (κ1) is 13.9. The Balaban J connectivity index is 1.54. The largest absolute Gasteiger partial charge is 0.378 e. The second-order valence-corrected chi connectivity index (χ2v) is 6.44. The van der Waals surface area contributed by atoms with Crippen molar-refractivity contribution in [2.24, 2.45) is 0 Å². The average molecular weight is 321 g/mol. The van der Waals surface area contributed by atoms with E-state index in [1.807, 2.05) is 29.2 Å². The van der Waals surface area contributed by atoms with Gasteiger partial charge in [0, 0.05) is 36.5 Å². The summed E-state index contributed by atoms with van der Waals surface area (Å²) in [5.74, 6) is 0.673. The van der Waals surface area contributed by atoms with Gasteiger partial charge in [-0.2, -0.15) is 5.10 Å². The second kappa shape index (κ2) is 5.56. The van der Waals surface area contributed by atoms with E-state index in [1.165, 1.54) is 18.5 Å². The van der Waals surface area contributed by atoms with E-state index in [2.05, 4.69) is 32.1 Å². The molecule has 0 bridgehead atoms. The van der Waals surface area contributed by atoms with Gasteiger partial charge in [0.1, 0.15) is 0 Å². The summed E-state index contributed by atoms with van der Waals surface area (Å²) in [4.78, 5) is 11.6. The number of aromatic nitrogens is 4. The molecule has 0 unspecified atom stereocenters. The number of anilines is 1. The lowest BCUT2D eigenvalue weighted by Gasteiger charge is -2.28. The first-order valence-corrected chi connectivity index (χ1v) is 8.52. The maximum atomic E-state index is 5.45. The molecule has 0 aromatic carbocycles. The van der Waals surface area contributed by atoms with Crippen molar-refractivity contribution in [1.29, 1.82) is 0 Å². The van der Waals surface area contributed by atoms with Crippen LogP contribution in [0.15, 0.2) is 36.8 Å². The Morgan fingerprint density at radius 1 is 1.00 bits per heavy atom. The number of hydrogen-bond acceptors (Lipinski definition) is 5. The molecule has 0 N–H and O–H groups in total. The Morgan fingerprint density at radius 3 is 2.62 bits per heavy atom. The molecule has 1 aliphatic heterocycles. The molecule has 1 saturated carbocycles. The molecule has 3 aromatic rings. The smallest absolute Gasteiger partial charge is 0.177 e. The number of imidazole rings is 1. The van der Waals surface area contributed by atoms with E-state index in [9.17, 15) is 0 Å². The fourth-order valence-corrected chi connectivity index (χ4v) is 3.31. The van der Waals surface area contributed by atoms with Crippen molar-refractivity contribution < 1.29 is 4.74 Å². The maximum absolute atomic E-state index is 5.45. The lowest BCUT2D eigenvalue weighted by Crippen LogP contribution is -2.36. The Morgan fingerprint density at radius 2 is 1.88 bits per heavy atom. The number of ether oxygens (including phenoxy) is 1. The molecule has 1 aliphatic carbocycles. The summed E-state index contributed by atoms with van der Waals surface area (Å²) < 4.78 is 7.37. The molecule has 2 aliphatic rings. The van der Waals surface area contributed by atoms with Gasteiger partial charge in [-0.05, 0) is 31.0 Å². The second-order valence-electron chi connectivity index (χ2n) is 6.44. The van der Waals surface area contributed by atoms with Crippen LogP contribution in [0.1, 0.15) is 24.5 Å². The van der Waals surface area contributed by atoms with Crippen LogP contribution in [-0.4, -0.2) is 45.9 Å². The third-order valence-corrected chi connectivity index (χ3v) is 4.81. The van der Waals surface area contributed by atoms with Gasteiger partial charge in [-0.1, -0.05) is 0 Å². The molecular weight excluding hydrogens is 302 g/mol. The summed E-state index contributed by atoms with van der Waals surface area (Å²) in [5.41, 5.74) is 5.24. The van der Waals surface area contributed by atoms with Crippen LogP contribution in [0.25, 0.3) is 16.9 Å². The van der Waals surface area contributed by atoms with Crippen molar-refractivity contribution in [2.45, 2.75) is 18.8 Å². The van der Waals surface area contributed by atoms with Gasteiger partial charge in [-0.3, -0.25) is 4.98 Å². The Hall–Kier alpha value is -2.47. The van der Waals surface area contributed by atoms with E-state index in [4.69, 9.17) is 4.74 Å². The third kappa shape index (κ3) is 2.34. The van der Waals surface area contributed by atoms with Gasteiger partial charge in [0.2, 0.25) is 0 Å². The van der Waals surface area contributed by atoms with Crippen LogP contribution in [0.3, 0.4) is 0 Å². The van der Waals surface area contributed by atoms with Crippen LogP contribution in [-0.2, 0) is 4.74 Å². The number of pyridine rings is 1. The highest BCUT2D eigenvalue weighted by molar-refractivity contribution is 5.73. The third-order valence-electron chi connectivity index (χ3n) is 4.81. The summed E-state index contributed by atoms with van der Waals surface area (Å²) in [5, 5.41) is 4.51. The normalized spacial score (nSPS) is 18.2. The predicted octanol–water partition coefficient (Wildman–Crippen LogP) is 2.51. The predicted molar refractivity (Wildman–Crippen MR) is 91.2 cm³/mol. The van der Waals surface area contributed by atoms with E-state index in [0.29, 0.717) is 5.92 Å². The zero-order valence-electron chi connectivity index (χ0n) is 13.4. The van der Waals surface area contributed by atoms with Crippen molar-refractivity contribution in [1.82, 2.24) is 19.6 Å². The SMILES string of the molecule is c1cc(N2CCOCC2)c2ncc(-c3ccc(C4CC4)nc3)n2n1. The Kier molecular flexibility index (Phi) is 3.23. The summed E-state index contributed by atoms with van der Waals surface area (Å²) in [6.07, 6.45) is 8.22. The maximum Gasteiger partial charge on any atom is 0.177 e. The highest BCUT2D eigenvalue weighted by Crippen LogP contribution is 2.39. The number of hydrogen-bond donors (Lipinski definition) is 0. The van der Waals surface area contributed by atoms with Gasteiger partial charge < -0.3 is 9.64 Å². The Bertz CT molecular complexity index is 863. The molecule has 2 fully saturated rings. The summed E-state index contributed by atoms with van der Waals surface area (Å²) >= 11 is 0. The zero-order chi connectivity index (χ0) is 15.9. The topological polar surface area (TPSA) is 55.5 Å². The average Bonchev–Trinajstić information content (AvgIpc) is 3.41. The highest BCUT2D eigenvalue weighted by Gasteiger charge is 2.25. The van der Waals surface area contributed by atoms with Crippen molar-refractivity contribution in [3.63, 3.8) is 0 Å². The minimum atomic E-state index is 0.673. The molecule has 0 atom stereocenters. The van der Waals surface area contributed by atoms with E-state index in [1.54, 1.807) is 0 Å². The van der Waals surface area contributed by atoms with Crippen LogP contribution in [0.2, 0.25) is 0 Å². The molecule has 1 saturated heterocycles. The van der Waals surface area contributed by atoms with Crippen molar-refractivity contribution in [2.75, 3.05) is 31.2 Å². The molecule has 0 spiro atoms. The quantitative estimate of drug-likeness (QED) is 0.742. The minimum absolute atomic E-state index is 0.673. The van der Waals surface area contributed by atoms with Crippen LogP contribution in [0, 0.1) is 0 Å².